The van der Waals surface area contributed by atoms with Crippen LogP contribution < -0.4 is 28.2 Å². The minimum atomic E-state index is -0.590. The quantitative estimate of drug-likeness (QED) is 0.621. The third-order valence-corrected chi connectivity index (χ3v) is 2.60. The molecular weight excluding hydrogens is 297 g/mol. The van der Waals surface area contributed by atoms with Gasteiger partial charge in [0.2, 0.25) is 5.91 Å². The number of hydrogen-bond donors (Lipinski definition) is 2. The zero-order chi connectivity index (χ0) is 15.1. The highest BCUT2D eigenvalue weighted by atomic mass is 35.5. The number of halogens is 2. The van der Waals surface area contributed by atoms with Crippen molar-refractivity contribution in [3.63, 3.8) is 0 Å². The number of nitriles is 1. The molecule has 0 unspecified atom stereocenters. The summed E-state index contributed by atoms with van der Waals surface area (Å²) in [5, 5.41) is 11.6. The average Bonchev–Trinajstić information content (AvgIpc) is 2.43. The molecule has 0 fully saturated rings. The Balaban J connectivity index is 0.00000400. The predicted octanol–water partition coefficient (Wildman–Crippen LogP) is -2.26. The van der Waals surface area contributed by atoms with E-state index in [1.165, 1.54) is 6.07 Å². The number of ether oxygens (including phenoxy) is 1. The maximum atomic E-state index is 13.7. The van der Waals surface area contributed by atoms with Gasteiger partial charge in [0, 0.05) is 13.0 Å². The standard InChI is InChI=1S/C14H18FN3O2.ClH/c1-3-14(19)18-7-11-5-13(20-8-9(2)17)12(15)4-10(11)6-16;/h4-5,9H,3,7-8,17H2,1-2H3,(H,18,19);1H/t9-;/m0./s1. The molecule has 21 heavy (non-hydrogen) atoms. The van der Waals surface area contributed by atoms with Crippen LogP contribution in [0.4, 0.5) is 4.39 Å². The SMILES string of the molecule is CCC(=O)NCc1cc(OC[C@H](C)[NH3+])c(F)cc1C#N.[Cl-]. The van der Waals surface area contributed by atoms with Gasteiger partial charge in [-0.3, -0.25) is 4.79 Å². The number of carbonyl (C=O) groups excluding carboxylic acids is 1. The van der Waals surface area contributed by atoms with Crippen molar-refractivity contribution in [2.45, 2.75) is 32.9 Å². The van der Waals surface area contributed by atoms with Crippen molar-refractivity contribution in [1.29, 1.82) is 5.26 Å². The van der Waals surface area contributed by atoms with Gasteiger partial charge in [0.15, 0.2) is 11.6 Å². The van der Waals surface area contributed by atoms with Crippen LogP contribution in [-0.4, -0.2) is 18.6 Å². The lowest BCUT2D eigenvalue weighted by atomic mass is 10.1. The molecule has 0 aliphatic carbocycles. The van der Waals surface area contributed by atoms with E-state index in [1.54, 1.807) is 6.92 Å². The van der Waals surface area contributed by atoms with E-state index in [-0.39, 0.29) is 48.8 Å². The van der Waals surface area contributed by atoms with Crippen LogP contribution in [0.1, 0.15) is 31.4 Å². The van der Waals surface area contributed by atoms with Gasteiger partial charge in [0.1, 0.15) is 12.6 Å². The third-order valence-electron chi connectivity index (χ3n) is 2.60. The molecule has 0 aliphatic rings. The second kappa shape index (κ2) is 9.16. The van der Waals surface area contributed by atoms with Crippen molar-refractivity contribution < 1.29 is 32.1 Å². The molecule has 0 saturated carbocycles. The fourth-order valence-corrected chi connectivity index (χ4v) is 1.51. The average molecular weight is 316 g/mol. The van der Waals surface area contributed by atoms with Crippen molar-refractivity contribution in [1.82, 2.24) is 5.32 Å². The fraction of sp³-hybridized carbons (Fsp3) is 0.429. The largest absolute Gasteiger partial charge is 1.00 e. The molecule has 0 bridgehead atoms. The maximum absolute atomic E-state index is 13.7. The van der Waals surface area contributed by atoms with Gasteiger partial charge >= 0.3 is 0 Å². The maximum Gasteiger partial charge on any atom is 0.219 e. The van der Waals surface area contributed by atoms with Crippen LogP contribution in [0.3, 0.4) is 0 Å². The van der Waals surface area contributed by atoms with Gasteiger partial charge in [-0.25, -0.2) is 4.39 Å². The van der Waals surface area contributed by atoms with Crippen molar-refractivity contribution >= 4 is 5.91 Å². The molecule has 0 aromatic heterocycles. The van der Waals surface area contributed by atoms with E-state index in [1.807, 2.05) is 13.0 Å². The van der Waals surface area contributed by atoms with Gasteiger partial charge in [0.25, 0.3) is 0 Å². The lowest BCUT2D eigenvalue weighted by Gasteiger charge is -2.12. The minimum absolute atomic E-state index is 0. The Bertz CT molecular complexity index is 530. The van der Waals surface area contributed by atoms with Crippen molar-refractivity contribution in [2.75, 3.05) is 6.61 Å². The number of amides is 1. The first-order valence-corrected chi connectivity index (χ1v) is 6.43. The molecule has 1 aromatic rings. The van der Waals surface area contributed by atoms with Gasteiger partial charge in [-0.1, -0.05) is 6.92 Å². The van der Waals surface area contributed by atoms with Crippen molar-refractivity contribution in [3.8, 4) is 11.8 Å². The fourth-order valence-electron chi connectivity index (χ4n) is 1.51. The lowest BCUT2D eigenvalue weighted by Crippen LogP contribution is -3.00. The molecule has 1 amide bonds. The number of benzene rings is 1. The first kappa shape index (κ1) is 19.2. The summed E-state index contributed by atoms with van der Waals surface area (Å²) in [7, 11) is 0. The van der Waals surface area contributed by atoms with E-state index >= 15 is 0 Å². The first-order valence-electron chi connectivity index (χ1n) is 6.43. The Kier molecular flexibility index (Phi) is 8.36. The molecule has 0 saturated heterocycles. The van der Waals surface area contributed by atoms with E-state index in [2.05, 4.69) is 11.1 Å². The second-order valence-electron chi connectivity index (χ2n) is 4.60. The van der Waals surface area contributed by atoms with Crippen LogP contribution in [0.25, 0.3) is 0 Å². The Morgan fingerprint density at radius 3 is 2.76 bits per heavy atom. The van der Waals surface area contributed by atoms with E-state index in [0.29, 0.717) is 12.0 Å². The highest BCUT2D eigenvalue weighted by Gasteiger charge is 2.12. The van der Waals surface area contributed by atoms with Crippen LogP contribution in [0, 0.1) is 17.1 Å². The van der Waals surface area contributed by atoms with Crippen LogP contribution in [0.5, 0.6) is 5.75 Å². The van der Waals surface area contributed by atoms with E-state index in [4.69, 9.17) is 10.00 Å². The van der Waals surface area contributed by atoms with Crippen molar-refractivity contribution in [2.24, 2.45) is 0 Å². The summed E-state index contributed by atoms with van der Waals surface area (Å²) in [6.07, 6.45) is 0.353. The Hall–Kier alpha value is -1.84. The molecule has 4 N–H and O–H groups in total. The van der Waals surface area contributed by atoms with Gasteiger partial charge in [-0.2, -0.15) is 5.26 Å². The molecule has 0 heterocycles. The Labute approximate surface area is 129 Å². The smallest absolute Gasteiger partial charge is 0.219 e. The zero-order valence-electron chi connectivity index (χ0n) is 12.1. The summed E-state index contributed by atoms with van der Waals surface area (Å²) in [5.74, 6) is -0.653. The summed E-state index contributed by atoms with van der Waals surface area (Å²) in [5.41, 5.74) is 4.47. The van der Waals surface area contributed by atoms with Crippen molar-refractivity contribution in [3.05, 3.63) is 29.1 Å². The summed E-state index contributed by atoms with van der Waals surface area (Å²) >= 11 is 0. The molecule has 116 valence electrons. The van der Waals surface area contributed by atoms with Crippen LogP contribution in [0.15, 0.2) is 12.1 Å². The van der Waals surface area contributed by atoms with Crippen LogP contribution >= 0.6 is 0 Å². The predicted molar refractivity (Wildman–Crippen MR) is 71.1 cm³/mol. The summed E-state index contributed by atoms with van der Waals surface area (Å²) in [4.78, 5) is 11.2. The second-order valence-corrected chi connectivity index (χ2v) is 4.60. The molecule has 7 heteroatoms. The molecule has 5 nitrogen and oxygen atoms in total. The van der Waals surface area contributed by atoms with Gasteiger partial charge in [-0.05, 0) is 24.6 Å². The highest BCUT2D eigenvalue weighted by molar-refractivity contribution is 5.75. The number of carbonyl (C=O) groups is 1. The minimum Gasteiger partial charge on any atom is -1.00 e. The number of quaternary nitrogens is 1. The first-order chi connectivity index (χ1) is 9.47. The number of hydrogen-bond acceptors (Lipinski definition) is 3. The highest BCUT2D eigenvalue weighted by Crippen LogP contribution is 2.22. The summed E-state index contributed by atoms with van der Waals surface area (Å²) in [6, 6.07) is 4.50. The molecule has 0 radical (unpaired) electrons. The van der Waals surface area contributed by atoms with Crippen LogP contribution in [0.2, 0.25) is 0 Å². The molecule has 0 aliphatic heterocycles. The number of nitrogens with zero attached hydrogens (tertiary/aromatic N) is 1. The van der Waals surface area contributed by atoms with Gasteiger partial charge < -0.3 is 28.2 Å². The molecule has 1 aromatic carbocycles. The topological polar surface area (TPSA) is 89.8 Å². The number of rotatable bonds is 6. The third kappa shape index (κ3) is 5.98. The Morgan fingerprint density at radius 1 is 1.57 bits per heavy atom. The zero-order valence-corrected chi connectivity index (χ0v) is 12.8. The summed E-state index contributed by atoms with van der Waals surface area (Å²) in [6.45, 7) is 4.04. The molecule has 0 spiro atoms. The molecular formula is C14H19ClFN3O2. The lowest BCUT2D eigenvalue weighted by molar-refractivity contribution is -0.417. The normalized spacial score (nSPS) is 11.0. The van der Waals surface area contributed by atoms with Gasteiger partial charge in [-0.15, -0.1) is 0 Å². The molecule has 1 rings (SSSR count). The monoisotopic (exact) mass is 315 g/mol. The van der Waals surface area contributed by atoms with E-state index < -0.39 is 5.82 Å². The van der Waals surface area contributed by atoms with E-state index in [0.717, 1.165) is 6.07 Å². The Morgan fingerprint density at radius 2 is 2.24 bits per heavy atom. The van der Waals surface area contributed by atoms with Crippen LogP contribution in [-0.2, 0) is 11.3 Å². The molecule has 1 atom stereocenters. The number of nitrogens with one attached hydrogen (secondary N) is 1. The van der Waals surface area contributed by atoms with Gasteiger partial charge in [0.05, 0.1) is 11.6 Å². The van der Waals surface area contributed by atoms with E-state index in [9.17, 15) is 9.18 Å². The summed E-state index contributed by atoms with van der Waals surface area (Å²) < 4.78 is 19.1.